The fourth-order valence-electron chi connectivity index (χ4n) is 2.72. The lowest BCUT2D eigenvalue weighted by Crippen LogP contribution is -2.45. The van der Waals surface area contributed by atoms with E-state index in [2.05, 4.69) is 18.7 Å². The highest BCUT2D eigenvalue weighted by Crippen LogP contribution is 2.22. The third kappa shape index (κ3) is 3.65. The first-order valence-electron chi connectivity index (χ1n) is 6.90. The van der Waals surface area contributed by atoms with Crippen LogP contribution in [0.4, 0.5) is 0 Å². The largest absolute Gasteiger partial charge is 0.392 e. The minimum Gasteiger partial charge on any atom is -0.392 e. The van der Waals surface area contributed by atoms with Gasteiger partial charge in [-0.2, -0.15) is 4.31 Å². The zero-order valence-corrected chi connectivity index (χ0v) is 13.6. The molecule has 0 aromatic rings. The van der Waals surface area contributed by atoms with Gasteiger partial charge in [-0.05, 0) is 25.9 Å². The molecule has 2 atom stereocenters. The molecular weight excluding hydrogens is 282 g/mol. The molecule has 0 amide bonds. The molecule has 0 saturated carbocycles. The normalized spacial score (nSPS) is 22.8. The summed E-state index contributed by atoms with van der Waals surface area (Å²) in [5, 5.41) is -0.724. The molecule has 0 spiro atoms. The van der Waals surface area contributed by atoms with Crippen LogP contribution >= 0.6 is 12.2 Å². The fourth-order valence-corrected chi connectivity index (χ4v) is 5.06. The molecule has 1 aliphatic heterocycles. The predicted molar refractivity (Wildman–Crippen MR) is 82.7 cm³/mol. The van der Waals surface area contributed by atoms with Crippen molar-refractivity contribution in [3.8, 4) is 0 Å². The summed E-state index contributed by atoms with van der Waals surface area (Å²) in [4.78, 5) is 2.38. The van der Waals surface area contributed by atoms with Gasteiger partial charge in [-0.15, -0.1) is 0 Å². The van der Waals surface area contributed by atoms with Gasteiger partial charge in [-0.25, -0.2) is 8.42 Å². The molecule has 2 unspecified atom stereocenters. The van der Waals surface area contributed by atoms with E-state index in [1.165, 1.54) is 0 Å². The van der Waals surface area contributed by atoms with Crippen LogP contribution in [0, 0.1) is 0 Å². The van der Waals surface area contributed by atoms with Crippen LogP contribution in [-0.4, -0.2) is 60.1 Å². The second-order valence-electron chi connectivity index (χ2n) is 4.87. The van der Waals surface area contributed by atoms with Crippen molar-refractivity contribution in [2.24, 2.45) is 5.73 Å². The topological polar surface area (TPSA) is 66.6 Å². The lowest BCUT2D eigenvalue weighted by molar-refractivity contribution is 0.224. The van der Waals surface area contributed by atoms with Gasteiger partial charge in [0.05, 0.1) is 4.99 Å². The molecule has 1 rings (SSSR count). The van der Waals surface area contributed by atoms with Crippen LogP contribution < -0.4 is 5.73 Å². The van der Waals surface area contributed by atoms with Gasteiger partial charge in [0.2, 0.25) is 10.0 Å². The molecule has 1 heterocycles. The van der Waals surface area contributed by atoms with Crippen LogP contribution in [0.25, 0.3) is 0 Å². The summed E-state index contributed by atoms with van der Waals surface area (Å²) in [5.41, 5.74) is 5.56. The minimum atomic E-state index is -3.39. The van der Waals surface area contributed by atoms with Crippen LogP contribution in [0.1, 0.15) is 33.6 Å². The van der Waals surface area contributed by atoms with E-state index in [0.717, 1.165) is 19.5 Å². The summed E-state index contributed by atoms with van der Waals surface area (Å²) in [6.45, 7) is 9.03. The van der Waals surface area contributed by atoms with Crippen LogP contribution in [0.5, 0.6) is 0 Å². The number of nitrogens with two attached hydrogens (primary N) is 1. The summed E-state index contributed by atoms with van der Waals surface area (Å²) >= 11 is 4.89. The Bertz CT molecular complexity index is 407. The van der Waals surface area contributed by atoms with E-state index in [9.17, 15) is 8.42 Å². The third-order valence-corrected chi connectivity index (χ3v) is 6.65. The smallest absolute Gasteiger partial charge is 0.223 e. The molecule has 1 aliphatic rings. The van der Waals surface area contributed by atoms with Gasteiger partial charge < -0.3 is 5.73 Å². The van der Waals surface area contributed by atoms with Crippen molar-refractivity contribution in [3.63, 3.8) is 0 Å². The van der Waals surface area contributed by atoms with Crippen LogP contribution in [0.15, 0.2) is 0 Å². The van der Waals surface area contributed by atoms with Crippen molar-refractivity contribution in [1.29, 1.82) is 0 Å². The maximum Gasteiger partial charge on any atom is 0.223 e. The Morgan fingerprint density at radius 2 is 2.00 bits per heavy atom. The number of thiocarbonyl (C=S) groups is 1. The highest BCUT2D eigenvalue weighted by molar-refractivity contribution is 7.92. The van der Waals surface area contributed by atoms with E-state index in [4.69, 9.17) is 18.0 Å². The zero-order valence-electron chi connectivity index (χ0n) is 12.0. The lowest BCUT2D eigenvalue weighted by atomic mass is 10.2. The first kappa shape index (κ1) is 16.8. The molecule has 2 N–H and O–H groups in total. The van der Waals surface area contributed by atoms with Gasteiger partial charge in [0.25, 0.3) is 0 Å². The Balaban J connectivity index is 2.80. The van der Waals surface area contributed by atoms with Crippen LogP contribution in [0.3, 0.4) is 0 Å². The molecular formula is C12H25N3O2S2. The Kier molecular flexibility index (Phi) is 6.16. The monoisotopic (exact) mass is 307 g/mol. The average Bonchev–Trinajstić information content (AvgIpc) is 2.80. The average molecular weight is 307 g/mol. The molecule has 1 saturated heterocycles. The highest BCUT2D eigenvalue weighted by atomic mass is 32.2. The fraction of sp³-hybridized carbons (Fsp3) is 0.917. The van der Waals surface area contributed by atoms with E-state index in [0.29, 0.717) is 25.6 Å². The molecule has 112 valence electrons. The summed E-state index contributed by atoms with van der Waals surface area (Å²) in [6, 6.07) is 0.314. The van der Waals surface area contributed by atoms with E-state index >= 15 is 0 Å². The summed E-state index contributed by atoms with van der Waals surface area (Å²) in [7, 11) is -3.39. The Morgan fingerprint density at radius 1 is 1.42 bits per heavy atom. The predicted octanol–water partition coefficient (Wildman–Crippen LogP) is 0.797. The third-order valence-electron chi connectivity index (χ3n) is 3.86. The molecule has 19 heavy (non-hydrogen) atoms. The standard InChI is InChI=1S/C12H25N3O2S2/c1-4-11(12(13)18)19(16,17)15-8-7-10(9-15)14(5-2)6-3/h10-11H,4-9H2,1-3H3,(H2,13,18). The molecule has 5 nitrogen and oxygen atoms in total. The van der Waals surface area contributed by atoms with Gasteiger partial charge in [-0.3, -0.25) is 4.90 Å². The van der Waals surface area contributed by atoms with E-state index in [-0.39, 0.29) is 4.99 Å². The first-order chi connectivity index (χ1) is 8.88. The number of likely N-dealkylation sites (N-methyl/N-ethyl adjacent to an activating group) is 1. The molecule has 0 aromatic carbocycles. The van der Waals surface area contributed by atoms with Crippen LogP contribution in [0.2, 0.25) is 0 Å². The molecule has 0 aliphatic carbocycles. The quantitative estimate of drug-likeness (QED) is 0.705. The Morgan fingerprint density at radius 3 is 2.42 bits per heavy atom. The molecule has 1 fully saturated rings. The molecule has 7 heteroatoms. The SMILES string of the molecule is CCC(C(N)=S)S(=O)(=O)N1CCC(N(CC)CC)C1. The zero-order chi connectivity index (χ0) is 14.6. The van der Waals surface area contributed by atoms with Crippen molar-refractivity contribution >= 4 is 27.2 Å². The Hall–Kier alpha value is -0.240. The molecule has 0 bridgehead atoms. The number of nitrogens with zero attached hydrogens (tertiary/aromatic N) is 2. The number of sulfonamides is 1. The lowest BCUT2D eigenvalue weighted by Gasteiger charge is -2.27. The second-order valence-corrected chi connectivity index (χ2v) is 7.45. The van der Waals surface area contributed by atoms with Gasteiger partial charge in [-0.1, -0.05) is 33.0 Å². The summed E-state index contributed by atoms with van der Waals surface area (Å²) in [6.07, 6.45) is 1.32. The van der Waals surface area contributed by atoms with E-state index in [1.807, 2.05) is 0 Å². The minimum absolute atomic E-state index is 0.0776. The van der Waals surface area contributed by atoms with Crippen molar-refractivity contribution in [3.05, 3.63) is 0 Å². The van der Waals surface area contributed by atoms with Crippen molar-refractivity contribution in [2.75, 3.05) is 26.2 Å². The van der Waals surface area contributed by atoms with Gasteiger partial charge in [0, 0.05) is 19.1 Å². The summed E-state index contributed by atoms with van der Waals surface area (Å²) in [5.74, 6) is 0. The second kappa shape index (κ2) is 6.97. The highest BCUT2D eigenvalue weighted by Gasteiger charge is 2.38. The molecule has 0 radical (unpaired) electrons. The van der Waals surface area contributed by atoms with Crippen LogP contribution in [-0.2, 0) is 10.0 Å². The van der Waals surface area contributed by atoms with Gasteiger partial charge in [0.1, 0.15) is 5.25 Å². The van der Waals surface area contributed by atoms with Gasteiger partial charge in [0.15, 0.2) is 0 Å². The maximum absolute atomic E-state index is 12.5. The summed E-state index contributed by atoms with van der Waals surface area (Å²) < 4.78 is 26.5. The van der Waals surface area contributed by atoms with Crippen molar-refractivity contribution in [2.45, 2.75) is 44.9 Å². The number of rotatable bonds is 7. The van der Waals surface area contributed by atoms with Crippen molar-refractivity contribution in [1.82, 2.24) is 9.21 Å². The van der Waals surface area contributed by atoms with Crippen molar-refractivity contribution < 1.29 is 8.42 Å². The first-order valence-corrected chi connectivity index (χ1v) is 8.81. The van der Waals surface area contributed by atoms with Gasteiger partial charge >= 0.3 is 0 Å². The molecule has 0 aromatic heterocycles. The Labute approximate surface area is 122 Å². The number of hydrogen-bond donors (Lipinski definition) is 1. The maximum atomic E-state index is 12.5. The van der Waals surface area contributed by atoms with E-state index < -0.39 is 15.3 Å². The van der Waals surface area contributed by atoms with E-state index in [1.54, 1.807) is 11.2 Å². The number of hydrogen-bond acceptors (Lipinski definition) is 4.